The van der Waals surface area contributed by atoms with Gasteiger partial charge in [0.25, 0.3) is 0 Å². The number of aryl methyl sites for hydroxylation is 1. The quantitative estimate of drug-likeness (QED) is 0.835. The van der Waals surface area contributed by atoms with Crippen molar-refractivity contribution in [2.75, 3.05) is 0 Å². The maximum atomic E-state index is 8.87. The molecule has 0 aliphatic heterocycles. The molecule has 15 heavy (non-hydrogen) atoms. The third-order valence-electron chi connectivity index (χ3n) is 2.47. The normalized spacial score (nSPS) is 14.5. The summed E-state index contributed by atoms with van der Waals surface area (Å²) in [6.07, 6.45) is 5.54. The summed E-state index contributed by atoms with van der Waals surface area (Å²) in [5, 5.41) is 13.5. The van der Waals surface area contributed by atoms with Gasteiger partial charge in [-0.05, 0) is 19.3 Å². The minimum absolute atomic E-state index is 0.629. The fourth-order valence-electron chi connectivity index (χ4n) is 1.33. The molecule has 2 N–H and O–H groups in total. The molecule has 0 bridgehead atoms. The first-order valence-corrected chi connectivity index (χ1v) is 5.35. The van der Waals surface area contributed by atoms with Gasteiger partial charge < -0.3 is 5.73 Å². The summed E-state index contributed by atoms with van der Waals surface area (Å²) in [4.78, 5) is 0. The fourth-order valence-corrected chi connectivity index (χ4v) is 1.49. The van der Waals surface area contributed by atoms with Gasteiger partial charge in [0.2, 0.25) is 0 Å². The molecule has 0 radical (unpaired) electrons. The average molecular weight is 227 g/mol. The van der Waals surface area contributed by atoms with Gasteiger partial charge in [0.1, 0.15) is 5.54 Å². The van der Waals surface area contributed by atoms with Crippen molar-refractivity contribution in [2.24, 2.45) is 5.73 Å². The molecule has 0 saturated heterocycles. The van der Waals surface area contributed by atoms with Gasteiger partial charge >= 0.3 is 0 Å². The Labute approximate surface area is 94.6 Å². The summed E-state index contributed by atoms with van der Waals surface area (Å²) in [5.74, 6) is 0. The average Bonchev–Trinajstić information content (AvgIpc) is 2.64. The van der Waals surface area contributed by atoms with Crippen LogP contribution in [0.2, 0.25) is 5.02 Å². The topological polar surface area (TPSA) is 67.6 Å². The second-order valence-electron chi connectivity index (χ2n) is 3.65. The summed E-state index contributed by atoms with van der Waals surface area (Å²) >= 11 is 5.72. The van der Waals surface area contributed by atoms with E-state index in [1.807, 2.05) is 6.92 Å². The number of halogens is 1. The molecule has 1 rings (SSSR count). The third-order valence-corrected chi connectivity index (χ3v) is 2.66. The highest BCUT2D eigenvalue weighted by atomic mass is 35.5. The van der Waals surface area contributed by atoms with Gasteiger partial charge in [-0.3, -0.25) is 4.68 Å². The monoisotopic (exact) mass is 226 g/mol. The molecule has 0 fully saturated rings. The Balaban J connectivity index is 2.37. The maximum absolute atomic E-state index is 8.87. The van der Waals surface area contributed by atoms with Crippen LogP contribution in [0.3, 0.4) is 0 Å². The van der Waals surface area contributed by atoms with Crippen LogP contribution >= 0.6 is 11.6 Å². The minimum atomic E-state index is -0.697. The lowest BCUT2D eigenvalue weighted by atomic mass is 9.93. The Morgan fingerprint density at radius 1 is 1.73 bits per heavy atom. The Kier molecular flexibility index (Phi) is 4.13. The molecular formula is C10H15ClN4. The zero-order valence-corrected chi connectivity index (χ0v) is 9.54. The largest absolute Gasteiger partial charge is 0.313 e. The summed E-state index contributed by atoms with van der Waals surface area (Å²) in [6, 6.07) is 2.14. The summed E-state index contributed by atoms with van der Waals surface area (Å²) in [7, 11) is 0. The number of nitrogens with zero attached hydrogens (tertiary/aromatic N) is 3. The molecular weight excluding hydrogens is 212 g/mol. The molecule has 0 amide bonds. The van der Waals surface area contributed by atoms with E-state index in [0.717, 1.165) is 13.0 Å². The van der Waals surface area contributed by atoms with Gasteiger partial charge in [-0.1, -0.05) is 18.5 Å². The summed E-state index contributed by atoms with van der Waals surface area (Å²) in [5.41, 5.74) is 5.15. The van der Waals surface area contributed by atoms with Crippen LogP contribution < -0.4 is 5.73 Å². The van der Waals surface area contributed by atoms with E-state index < -0.39 is 5.54 Å². The van der Waals surface area contributed by atoms with E-state index in [0.29, 0.717) is 17.9 Å². The highest BCUT2D eigenvalue weighted by Gasteiger charge is 2.20. The van der Waals surface area contributed by atoms with E-state index in [2.05, 4.69) is 11.2 Å². The van der Waals surface area contributed by atoms with Crippen molar-refractivity contribution in [1.82, 2.24) is 9.78 Å². The van der Waals surface area contributed by atoms with Crippen LogP contribution in [0.4, 0.5) is 0 Å². The number of hydrogen-bond donors (Lipinski definition) is 1. The Bertz CT molecular complexity index is 355. The predicted octanol–water partition coefficient (Wildman–Crippen LogP) is 1.95. The second-order valence-corrected chi connectivity index (χ2v) is 4.08. The van der Waals surface area contributed by atoms with E-state index in [4.69, 9.17) is 22.6 Å². The molecule has 0 spiro atoms. The van der Waals surface area contributed by atoms with Crippen molar-refractivity contribution in [1.29, 1.82) is 5.26 Å². The highest BCUT2D eigenvalue weighted by Crippen LogP contribution is 2.14. The SMILES string of the molecule is CCC(N)(C#N)CCCn1cc(Cl)cn1. The molecule has 0 aromatic carbocycles. The Hall–Kier alpha value is -1.05. The second kappa shape index (κ2) is 5.15. The minimum Gasteiger partial charge on any atom is -0.313 e. The smallest absolute Gasteiger partial charge is 0.104 e. The van der Waals surface area contributed by atoms with Gasteiger partial charge in [-0.15, -0.1) is 0 Å². The van der Waals surface area contributed by atoms with Crippen LogP contribution in [0.15, 0.2) is 12.4 Å². The molecule has 1 aromatic heterocycles. The van der Waals surface area contributed by atoms with Gasteiger partial charge in [-0.2, -0.15) is 10.4 Å². The van der Waals surface area contributed by atoms with E-state index in [9.17, 15) is 0 Å². The molecule has 4 nitrogen and oxygen atoms in total. The van der Waals surface area contributed by atoms with E-state index in [1.165, 1.54) is 0 Å². The molecule has 1 unspecified atom stereocenters. The van der Waals surface area contributed by atoms with Gasteiger partial charge in [0, 0.05) is 12.7 Å². The van der Waals surface area contributed by atoms with Crippen molar-refractivity contribution in [2.45, 2.75) is 38.3 Å². The molecule has 1 aromatic rings. The van der Waals surface area contributed by atoms with E-state index >= 15 is 0 Å². The lowest BCUT2D eigenvalue weighted by Gasteiger charge is -2.18. The number of nitrogens with two attached hydrogens (primary N) is 1. The fraction of sp³-hybridized carbons (Fsp3) is 0.600. The third kappa shape index (κ3) is 3.54. The van der Waals surface area contributed by atoms with Crippen LogP contribution in [-0.2, 0) is 6.54 Å². The van der Waals surface area contributed by atoms with Crippen LogP contribution in [0.25, 0.3) is 0 Å². The molecule has 82 valence electrons. The standard InChI is InChI=1S/C10H15ClN4/c1-2-10(13,8-12)4-3-5-15-7-9(11)6-14-15/h6-7H,2-5,13H2,1H3. The van der Waals surface area contributed by atoms with Crippen LogP contribution in [0, 0.1) is 11.3 Å². The molecule has 5 heteroatoms. The van der Waals surface area contributed by atoms with Crippen molar-refractivity contribution in [3.05, 3.63) is 17.4 Å². The molecule has 0 aliphatic rings. The van der Waals surface area contributed by atoms with E-state index in [-0.39, 0.29) is 0 Å². The zero-order chi connectivity index (χ0) is 11.3. The summed E-state index contributed by atoms with van der Waals surface area (Å²) in [6.45, 7) is 2.67. The molecule has 1 heterocycles. The maximum Gasteiger partial charge on any atom is 0.104 e. The molecule has 0 saturated carbocycles. The first kappa shape index (κ1) is 12.0. The van der Waals surface area contributed by atoms with Crippen LogP contribution in [-0.4, -0.2) is 15.3 Å². The Morgan fingerprint density at radius 2 is 2.47 bits per heavy atom. The number of rotatable bonds is 5. The molecule has 1 atom stereocenters. The molecule has 0 aliphatic carbocycles. The first-order chi connectivity index (χ1) is 7.09. The number of hydrogen-bond acceptors (Lipinski definition) is 3. The van der Waals surface area contributed by atoms with Crippen LogP contribution in [0.5, 0.6) is 0 Å². The highest BCUT2D eigenvalue weighted by molar-refractivity contribution is 6.30. The van der Waals surface area contributed by atoms with Gasteiger partial charge in [-0.25, -0.2) is 0 Å². The van der Waals surface area contributed by atoms with Crippen molar-refractivity contribution < 1.29 is 0 Å². The summed E-state index contributed by atoms with van der Waals surface area (Å²) < 4.78 is 1.76. The zero-order valence-electron chi connectivity index (χ0n) is 8.78. The lowest BCUT2D eigenvalue weighted by Crippen LogP contribution is -2.37. The first-order valence-electron chi connectivity index (χ1n) is 4.98. The van der Waals surface area contributed by atoms with Crippen molar-refractivity contribution >= 4 is 11.6 Å². The van der Waals surface area contributed by atoms with Crippen LogP contribution in [0.1, 0.15) is 26.2 Å². The van der Waals surface area contributed by atoms with E-state index in [1.54, 1.807) is 17.1 Å². The predicted molar refractivity (Wildman–Crippen MR) is 59.3 cm³/mol. The number of nitriles is 1. The van der Waals surface area contributed by atoms with Gasteiger partial charge in [0.15, 0.2) is 0 Å². The number of aromatic nitrogens is 2. The lowest BCUT2D eigenvalue weighted by molar-refractivity contribution is 0.434. The van der Waals surface area contributed by atoms with Crippen molar-refractivity contribution in [3.8, 4) is 6.07 Å². The Morgan fingerprint density at radius 3 is 2.93 bits per heavy atom. The van der Waals surface area contributed by atoms with Crippen molar-refractivity contribution in [3.63, 3.8) is 0 Å². The van der Waals surface area contributed by atoms with Gasteiger partial charge in [0.05, 0.1) is 17.3 Å².